The summed E-state index contributed by atoms with van der Waals surface area (Å²) in [7, 11) is 1.59. The van der Waals surface area contributed by atoms with E-state index in [4.69, 9.17) is 21.7 Å². The minimum Gasteiger partial charge on any atom is -0.493 e. The number of amides is 1. The van der Waals surface area contributed by atoms with Gasteiger partial charge in [0.25, 0.3) is 5.91 Å². The van der Waals surface area contributed by atoms with Crippen molar-refractivity contribution in [2.24, 2.45) is 0 Å². The second kappa shape index (κ2) is 8.52. The number of thiocarbonyl (C=S) groups is 1. The molecule has 0 bridgehead atoms. The highest BCUT2D eigenvalue weighted by atomic mass is 79.9. The molecule has 1 fully saturated rings. The first kappa shape index (κ1) is 18.0. The first-order valence-corrected chi connectivity index (χ1v) is 9.18. The van der Waals surface area contributed by atoms with Crippen LogP contribution in [0.4, 0.5) is 0 Å². The number of hydrogen-bond acceptors (Lipinski definition) is 5. The Balaban J connectivity index is 2.24. The predicted molar refractivity (Wildman–Crippen MR) is 102 cm³/mol. The molecule has 0 radical (unpaired) electrons. The molecule has 0 atom stereocenters. The zero-order valence-electron chi connectivity index (χ0n) is 12.6. The van der Waals surface area contributed by atoms with Gasteiger partial charge in [0, 0.05) is 11.9 Å². The van der Waals surface area contributed by atoms with Crippen LogP contribution in [0.5, 0.6) is 11.5 Å². The Bertz CT molecular complexity index is 661. The van der Waals surface area contributed by atoms with Crippen LogP contribution in [0.2, 0.25) is 0 Å². The van der Waals surface area contributed by atoms with Crippen molar-refractivity contribution in [1.29, 1.82) is 0 Å². The summed E-state index contributed by atoms with van der Waals surface area (Å²) in [6.45, 7) is 4.62. The highest BCUT2D eigenvalue weighted by Crippen LogP contribution is 2.34. The lowest BCUT2D eigenvalue weighted by molar-refractivity contribution is -0.121. The number of nitrogens with zero attached hydrogens (tertiary/aromatic N) is 1. The number of hydrogen-bond donors (Lipinski definition) is 0. The van der Waals surface area contributed by atoms with Gasteiger partial charge in [-0.25, -0.2) is 0 Å². The number of thioether (sulfide) groups is 1. The first-order valence-electron chi connectivity index (χ1n) is 6.83. The normalized spacial score (nSPS) is 16.1. The third kappa shape index (κ3) is 4.37. The Morgan fingerprint density at radius 1 is 1.43 bits per heavy atom. The second-order valence-corrected chi connectivity index (χ2v) is 7.00. The fourth-order valence-corrected chi connectivity index (χ4v) is 3.42. The van der Waals surface area contributed by atoms with Gasteiger partial charge in [0.05, 0.1) is 18.6 Å². The molecule has 4 nitrogen and oxygen atoms in total. The van der Waals surface area contributed by atoms with Crippen LogP contribution in [0.15, 0.2) is 35.8 Å². The molecule has 1 aliphatic rings. The summed E-state index contributed by atoms with van der Waals surface area (Å²) in [5.74, 6) is 1.20. The van der Waals surface area contributed by atoms with Crippen LogP contribution in [0.3, 0.4) is 0 Å². The third-order valence-electron chi connectivity index (χ3n) is 3.01. The van der Waals surface area contributed by atoms with Gasteiger partial charge in [-0.05, 0) is 23.8 Å². The van der Waals surface area contributed by atoms with Crippen LogP contribution in [0.1, 0.15) is 5.56 Å². The summed E-state index contributed by atoms with van der Waals surface area (Å²) < 4.78 is 11.5. The molecule has 1 aromatic rings. The maximum absolute atomic E-state index is 12.3. The van der Waals surface area contributed by atoms with E-state index in [-0.39, 0.29) is 5.91 Å². The maximum Gasteiger partial charge on any atom is 0.266 e. The molecule has 1 aromatic carbocycles. The molecule has 122 valence electrons. The fourth-order valence-electron chi connectivity index (χ4n) is 1.98. The highest BCUT2D eigenvalue weighted by Gasteiger charge is 2.30. The molecule has 0 aliphatic carbocycles. The lowest BCUT2D eigenvalue weighted by Crippen LogP contribution is -2.27. The molecule has 0 aromatic heterocycles. The van der Waals surface area contributed by atoms with Gasteiger partial charge >= 0.3 is 0 Å². The minimum atomic E-state index is -0.0986. The SMILES string of the molecule is C=CCN1C(=O)C(=Cc2ccc(OCCBr)c(OC)c2)SC1=S. The Morgan fingerprint density at radius 2 is 2.22 bits per heavy atom. The molecular formula is C16H16BrNO3S2. The van der Waals surface area contributed by atoms with Gasteiger partial charge < -0.3 is 9.47 Å². The van der Waals surface area contributed by atoms with Gasteiger partial charge in [0.2, 0.25) is 0 Å². The number of carbonyl (C=O) groups is 1. The van der Waals surface area contributed by atoms with Crippen LogP contribution in [-0.4, -0.2) is 40.7 Å². The van der Waals surface area contributed by atoms with Crippen molar-refractivity contribution in [1.82, 2.24) is 4.90 Å². The van der Waals surface area contributed by atoms with Crippen LogP contribution in [0.25, 0.3) is 6.08 Å². The molecule has 2 rings (SSSR count). The number of halogens is 1. The Hall–Kier alpha value is -1.31. The van der Waals surface area contributed by atoms with Crippen LogP contribution in [-0.2, 0) is 4.79 Å². The number of rotatable bonds is 7. The molecular weight excluding hydrogens is 398 g/mol. The molecule has 0 saturated carbocycles. The van der Waals surface area contributed by atoms with Crippen molar-refractivity contribution in [3.63, 3.8) is 0 Å². The summed E-state index contributed by atoms with van der Waals surface area (Å²) in [6.07, 6.45) is 3.46. The quantitative estimate of drug-likeness (QED) is 0.293. The van der Waals surface area contributed by atoms with Crippen molar-refractivity contribution in [3.8, 4) is 11.5 Å². The van der Waals surface area contributed by atoms with Gasteiger partial charge in [-0.2, -0.15) is 0 Å². The third-order valence-corrected chi connectivity index (χ3v) is 4.71. The van der Waals surface area contributed by atoms with E-state index in [1.807, 2.05) is 18.2 Å². The Kier molecular flexibility index (Phi) is 6.68. The molecule has 0 N–H and O–H groups in total. The van der Waals surface area contributed by atoms with Gasteiger partial charge in [-0.1, -0.05) is 52.1 Å². The van der Waals surface area contributed by atoms with E-state index in [2.05, 4.69) is 22.5 Å². The van der Waals surface area contributed by atoms with Gasteiger partial charge in [0.1, 0.15) is 4.32 Å². The number of carbonyl (C=O) groups excluding carboxylic acids is 1. The van der Waals surface area contributed by atoms with Crippen molar-refractivity contribution in [2.45, 2.75) is 0 Å². The predicted octanol–water partition coefficient (Wildman–Crippen LogP) is 3.86. The smallest absolute Gasteiger partial charge is 0.266 e. The average Bonchev–Trinajstić information content (AvgIpc) is 2.81. The lowest BCUT2D eigenvalue weighted by atomic mass is 10.2. The summed E-state index contributed by atoms with van der Waals surface area (Å²) in [6, 6.07) is 5.55. The number of methoxy groups -OCH3 is 1. The first-order chi connectivity index (χ1) is 11.1. The molecule has 7 heteroatoms. The second-order valence-electron chi connectivity index (χ2n) is 4.53. The lowest BCUT2D eigenvalue weighted by Gasteiger charge is -2.11. The van der Waals surface area contributed by atoms with E-state index in [9.17, 15) is 4.79 Å². The number of alkyl halides is 1. The van der Waals surface area contributed by atoms with Crippen LogP contribution in [0, 0.1) is 0 Å². The van der Waals surface area contributed by atoms with E-state index in [1.165, 1.54) is 16.7 Å². The van der Waals surface area contributed by atoms with Crippen LogP contribution >= 0.6 is 39.9 Å². The van der Waals surface area contributed by atoms with Crippen LogP contribution < -0.4 is 9.47 Å². The van der Waals surface area contributed by atoms with E-state index >= 15 is 0 Å². The summed E-state index contributed by atoms with van der Waals surface area (Å²) in [5.41, 5.74) is 0.854. The molecule has 1 amide bonds. The standard InChI is InChI=1S/C16H16BrNO3S2/c1-3-7-18-15(19)14(23-16(18)22)10-11-4-5-12(21-8-6-17)13(9-11)20-2/h3-5,9-10H,1,6-8H2,2H3. The average molecular weight is 414 g/mol. The molecule has 23 heavy (non-hydrogen) atoms. The van der Waals surface area contributed by atoms with E-state index < -0.39 is 0 Å². The largest absolute Gasteiger partial charge is 0.493 e. The van der Waals surface area contributed by atoms with Crippen molar-refractivity contribution >= 4 is 56.2 Å². The van der Waals surface area contributed by atoms with Crippen molar-refractivity contribution in [2.75, 3.05) is 25.6 Å². The number of benzene rings is 1. The summed E-state index contributed by atoms with van der Waals surface area (Å²) in [5, 5.41) is 0.740. The van der Waals surface area contributed by atoms with Gasteiger partial charge in [-0.3, -0.25) is 9.69 Å². The highest BCUT2D eigenvalue weighted by molar-refractivity contribution is 9.09. The summed E-state index contributed by atoms with van der Waals surface area (Å²) >= 11 is 9.83. The van der Waals surface area contributed by atoms with Crippen molar-refractivity contribution < 1.29 is 14.3 Å². The molecule has 0 spiro atoms. The van der Waals surface area contributed by atoms with E-state index in [0.717, 1.165) is 10.9 Å². The Morgan fingerprint density at radius 3 is 2.87 bits per heavy atom. The van der Waals surface area contributed by atoms with E-state index in [1.54, 1.807) is 19.3 Å². The minimum absolute atomic E-state index is 0.0986. The van der Waals surface area contributed by atoms with Gasteiger partial charge in [-0.15, -0.1) is 6.58 Å². The molecule has 1 aliphatic heterocycles. The van der Waals surface area contributed by atoms with E-state index in [0.29, 0.717) is 33.9 Å². The zero-order chi connectivity index (χ0) is 16.8. The number of ether oxygens (including phenoxy) is 2. The van der Waals surface area contributed by atoms with Crippen molar-refractivity contribution in [3.05, 3.63) is 41.3 Å². The molecule has 0 unspecified atom stereocenters. The summed E-state index contributed by atoms with van der Waals surface area (Å²) in [4.78, 5) is 14.4. The topological polar surface area (TPSA) is 38.8 Å². The van der Waals surface area contributed by atoms with Gasteiger partial charge in [0.15, 0.2) is 11.5 Å². The fraction of sp³-hybridized carbons (Fsp3) is 0.250. The molecule has 1 heterocycles. The molecule has 1 saturated heterocycles. The Labute approximate surface area is 153 Å². The monoisotopic (exact) mass is 413 g/mol. The zero-order valence-corrected chi connectivity index (χ0v) is 15.8. The maximum atomic E-state index is 12.3.